The van der Waals surface area contributed by atoms with Gasteiger partial charge in [-0.15, -0.1) is 0 Å². The monoisotopic (exact) mass is 464 g/mol. The highest BCUT2D eigenvalue weighted by molar-refractivity contribution is 7.93. The molecule has 0 saturated heterocycles. The fraction of sp³-hybridized carbons (Fsp3) is 0.167. The summed E-state index contributed by atoms with van der Waals surface area (Å²) in [5.41, 5.74) is 2.68. The predicted octanol–water partition coefficient (Wildman–Crippen LogP) is 4.75. The summed E-state index contributed by atoms with van der Waals surface area (Å²) >= 11 is 0. The highest BCUT2D eigenvalue weighted by Gasteiger charge is 2.27. The van der Waals surface area contributed by atoms with Crippen LogP contribution in [0.4, 0.5) is 11.4 Å². The highest BCUT2D eigenvalue weighted by atomic mass is 32.2. The molecule has 4 aromatic rings. The van der Waals surface area contributed by atoms with Crippen molar-refractivity contribution in [1.82, 2.24) is 0 Å². The summed E-state index contributed by atoms with van der Waals surface area (Å²) in [5, 5.41) is 4.23. The Labute approximate surface area is 189 Å². The first-order chi connectivity index (χ1) is 15.7. The molecule has 33 heavy (non-hydrogen) atoms. The molecule has 0 radical (unpaired) electrons. The molecule has 1 aromatic heterocycles. The van der Waals surface area contributed by atoms with Crippen LogP contribution in [0.15, 0.2) is 51.8 Å². The van der Waals surface area contributed by atoms with E-state index in [1.54, 1.807) is 57.2 Å². The van der Waals surface area contributed by atoms with E-state index < -0.39 is 16.0 Å². The van der Waals surface area contributed by atoms with E-state index in [1.807, 2.05) is 0 Å². The maximum Gasteiger partial charge on any atom is 0.342 e. The lowest BCUT2D eigenvalue weighted by Crippen LogP contribution is -2.14. The molecule has 0 aliphatic carbocycles. The number of carbonyl (C=O) groups excluding carboxylic acids is 2. The number of benzene rings is 3. The lowest BCUT2D eigenvalue weighted by atomic mass is 10.1. The molecule has 2 N–H and O–H groups in total. The number of aryl methyl sites for hydroxylation is 2. The van der Waals surface area contributed by atoms with Gasteiger partial charge in [0.05, 0.1) is 17.2 Å². The Bertz CT molecular complexity index is 1600. The topological polar surface area (TPSA) is 115 Å². The van der Waals surface area contributed by atoms with Crippen LogP contribution in [0.3, 0.4) is 0 Å². The summed E-state index contributed by atoms with van der Waals surface area (Å²) in [7, 11) is -4.03. The maximum absolute atomic E-state index is 13.4. The van der Waals surface area contributed by atoms with Gasteiger partial charge in [0, 0.05) is 27.4 Å². The van der Waals surface area contributed by atoms with Crippen LogP contribution in [0.2, 0.25) is 0 Å². The second-order valence-corrected chi connectivity index (χ2v) is 9.47. The van der Waals surface area contributed by atoms with Crippen molar-refractivity contribution >= 4 is 55.0 Å². The highest BCUT2D eigenvalue weighted by Crippen LogP contribution is 2.38. The van der Waals surface area contributed by atoms with Crippen molar-refractivity contribution in [2.75, 3.05) is 16.6 Å². The molecule has 1 aliphatic rings. The number of furan rings is 1. The normalized spacial score (nSPS) is 12.9. The summed E-state index contributed by atoms with van der Waals surface area (Å²) in [5.74, 6) is -0.398. The number of carbonyl (C=O) groups is 2. The Morgan fingerprint density at radius 2 is 1.91 bits per heavy atom. The Morgan fingerprint density at radius 3 is 2.67 bits per heavy atom. The maximum atomic E-state index is 13.4. The van der Waals surface area contributed by atoms with E-state index in [0.29, 0.717) is 50.0 Å². The summed E-state index contributed by atoms with van der Waals surface area (Å²) in [4.78, 5) is 24.7. The van der Waals surface area contributed by atoms with E-state index in [0.717, 1.165) is 0 Å². The molecule has 2 heterocycles. The van der Waals surface area contributed by atoms with Crippen molar-refractivity contribution in [3.63, 3.8) is 0 Å². The minimum absolute atomic E-state index is 0.0492. The Balaban J connectivity index is 1.63. The standard InChI is InChI=1S/C24H20N2O6S/c1-4-31-24(28)21-13(3)32-19-10-12(2)18(11-16(19)21)26-33(29,30)20-9-8-17-22-14(20)6-5-7-15(22)23(27)25-17/h5-11,26H,4H2,1-3H3,(H,25,27). The van der Waals surface area contributed by atoms with E-state index in [-0.39, 0.29) is 23.0 Å². The van der Waals surface area contributed by atoms with Gasteiger partial charge >= 0.3 is 5.97 Å². The lowest BCUT2D eigenvalue weighted by molar-refractivity contribution is 0.0526. The van der Waals surface area contributed by atoms with Gasteiger partial charge in [-0.25, -0.2) is 13.2 Å². The van der Waals surface area contributed by atoms with Crippen LogP contribution in [0.5, 0.6) is 0 Å². The third-order valence-electron chi connectivity index (χ3n) is 5.72. The smallest absolute Gasteiger partial charge is 0.342 e. The van der Waals surface area contributed by atoms with Crippen LogP contribution in [0.25, 0.3) is 21.7 Å². The quantitative estimate of drug-likeness (QED) is 0.412. The number of nitrogens with one attached hydrogen (secondary N) is 2. The van der Waals surface area contributed by atoms with Gasteiger partial charge in [0.2, 0.25) is 0 Å². The van der Waals surface area contributed by atoms with E-state index >= 15 is 0 Å². The number of amides is 1. The van der Waals surface area contributed by atoms with Gasteiger partial charge in [-0.3, -0.25) is 9.52 Å². The number of hydrogen-bond donors (Lipinski definition) is 2. The lowest BCUT2D eigenvalue weighted by Gasteiger charge is -2.13. The van der Waals surface area contributed by atoms with Crippen LogP contribution in [-0.4, -0.2) is 26.9 Å². The molecule has 9 heteroatoms. The first-order valence-electron chi connectivity index (χ1n) is 10.3. The molecule has 3 aromatic carbocycles. The zero-order valence-corrected chi connectivity index (χ0v) is 18.9. The summed E-state index contributed by atoms with van der Waals surface area (Å²) in [6, 6.07) is 11.3. The zero-order valence-electron chi connectivity index (χ0n) is 18.1. The zero-order chi connectivity index (χ0) is 23.5. The second kappa shape index (κ2) is 7.35. The largest absolute Gasteiger partial charge is 0.462 e. The van der Waals surface area contributed by atoms with Crippen molar-refractivity contribution in [1.29, 1.82) is 0 Å². The van der Waals surface area contributed by atoms with Gasteiger partial charge < -0.3 is 14.5 Å². The molecule has 0 unspecified atom stereocenters. The first-order valence-corrected chi connectivity index (χ1v) is 11.8. The van der Waals surface area contributed by atoms with E-state index in [2.05, 4.69) is 10.0 Å². The number of sulfonamides is 1. The van der Waals surface area contributed by atoms with Gasteiger partial charge in [0.1, 0.15) is 16.9 Å². The number of ether oxygens (including phenoxy) is 1. The van der Waals surface area contributed by atoms with Gasteiger partial charge in [-0.1, -0.05) is 12.1 Å². The molecular formula is C24H20N2O6S. The molecular weight excluding hydrogens is 444 g/mol. The minimum atomic E-state index is -4.03. The van der Waals surface area contributed by atoms with Crippen LogP contribution < -0.4 is 10.0 Å². The van der Waals surface area contributed by atoms with Crippen molar-refractivity contribution in [2.24, 2.45) is 0 Å². The fourth-order valence-electron chi connectivity index (χ4n) is 4.23. The third kappa shape index (κ3) is 3.23. The Hall–Kier alpha value is -3.85. The number of fused-ring (bicyclic) bond motifs is 1. The minimum Gasteiger partial charge on any atom is -0.462 e. The van der Waals surface area contributed by atoms with Gasteiger partial charge in [-0.05, 0) is 56.7 Å². The summed E-state index contributed by atoms with van der Waals surface area (Å²) < 4.78 is 40.3. The number of hydrogen-bond acceptors (Lipinski definition) is 6. The molecule has 0 fully saturated rings. The molecule has 1 amide bonds. The molecule has 1 aliphatic heterocycles. The van der Waals surface area contributed by atoms with Crippen molar-refractivity contribution in [3.05, 3.63) is 64.9 Å². The van der Waals surface area contributed by atoms with Crippen molar-refractivity contribution < 1.29 is 27.2 Å². The van der Waals surface area contributed by atoms with Crippen LogP contribution in [0.1, 0.15) is 39.0 Å². The number of anilines is 2. The van der Waals surface area contributed by atoms with Crippen LogP contribution in [-0.2, 0) is 14.8 Å². The van der Waals surface area contributed by atoms with Gasteiger partial charge in [0.15, 0.2) is 0 Å². The second-order valence-electron chi connectivity index (χ2n) is 7.82. The van der Waals surface area contributed by atoms with Gasteiger partial charge in [-0.2, -0.15) is 0 Å². The number of rotatable bonds is 5. The molecule has 0 atom stereocenters. The molecule has 0 saturated carbocycles. The predicted molar refractivity (Wildman–Crippen MR) is 124 cm³/mol. The average Bonchev–Trinajstić information content (AvgIpc) is 3.25. The summed E-state index contributed by atoms with van der Waals surface area (Å²) in [6.45, 7) is 5.32. The van der Waals surface area contributed by atoms with Crippen molar-refractivity contribution in [3.8, 4) is 0 Å². The molecule has 168 valence electrons. The van der Waals surface area contributed by atoms with E-state index in [4.69, 9.17) is 9.15 Å². The van der Waals surface area contributed by atoms with E-state index in [9.17, 15) is 18.0 Å². The average molecular weight is 464 g/mol. The molecule has 0 bridgehead atoms. The van der Waals surface area contributed by atoms with Gasteiger partial charge in [0.25, 0.3) is 15.9 Å². The molecule has 5 rings (SSSR count). The molecule has 8 nitrogen and oxygen atoms in total. The summed E-state index contributed by atoms with van der Waals surface area (Å²) in [6.07, 6.45) is 0. The number of esters is 1. The molecule has 0 spiro atoms. The first kappa shape index (κ1) is 21.0. The van der Waals surface area contributed by atoms with Crippen LogP contribution in [0, 0.1) is 13.8 Å². The Kier molecular flexibility index (Phi) is 4.68. The van der Waals surface area contributed by atoms with Crippen molar-refractivity contribution in [2.45, 2.75) is 25.7 Å². The fourth-order valence-corrected chi connectivity index (χ4v) is 5.56. The third-order valence-corrected chi connectivity index (χ3v) is 7.14. The van der Waals surface area contributed by atoms with Crippen LogP contribution >= 0.6 is 0 Å². The SMILES string of the molecule is CCOC(=O)c1c(C)oc2cc(C)c(NS(=O)(=O)c3ccc4c5c(cccc35)C(=O)N4)cc12. The van der Waals surface area contributed by atoms with E-state index in [1.165, 1.54) is 6.07 Å². The Morgan fingerprint density at radius 1 is 1.12 bits per heavy atom.